The zero-order chi connectivity index (χ0) is 23.3. The van der Waals surface area contributed by atoms with Crippen LogP contribution in [-0.4, -0.2) is 26.4 Å². The average Bonchev–Trinajstić information content (AvgIpc) is 3.63. The van der Waals surface area contributed by atoms with E-state index in [-0.39, 0.29) is 17.7 Å². The Kier molecular flexibility index (Phi) is 6.60. The van der Waals surface area contributed by atoms with Crippen LogP contribution in [0.2, 0.25) is 0 Å². The van der Waals surface area contributed by atoms with Gasteiger partial charge in [-0.15, -0.1) is 21.5 Å². The molecule has 0 aliphatic rings. The minimum absolute atomic E-state index is 0.0732. The van der Waals surface area contributed by atoms with E-state index in [4.69, 9.17) is 4.42 Å². The highest BCUT2D eigenvalue weighted by Crippen LogP contribution is 2.31. The maximum Gasteiger partial charge on any atom is 0.231 e. The van der Waals surface area contributed by atoms with Crippen LogP contribution in [0.25, 0.3) is 17.1 Å². The molecule has 0 unspecified atom stereocenters. The number of aromatic nitrogens is 3. The van der Waals surface area contributed by atoms with Crippen LogP contribution in [0, 0.1) is 6.92 Å². The minimum Gasteiger partial charge on any atom is -0.469 e. The number of nitrogens with zero attached hydrogens (tertiary/aromatic N) is 3. The second-order valence-electron chi connectivity index (χ2n) is 7.58. The molecule has 3 aromatic heterocycles. The van der Waals surface area contributed by atoms with Crippen LogP contribution in [0.1, 0.15) is 22.2 Å². The molecule has 0 spiro atoms. The van der Waals surface area contributed by atoms with Gasteiger partial charge in [0.15, 0.2) is 11.0 Å². The molecular weight excluding hydrogens is 464 g/mol. The molecule has 2 aromatic carbocycles. The van der Waals surface area contributed by atoms with Crippen LogP contribution in [0.5, 0.6) is 0 Å². The van der Waals surface area contributed by atoms with Gasteiger partial charge in [-0.3, -0.25) is 9.36 Å². The lowest BCUT2D eigenvalue weighted by atomic mass is 10.1. The normalized spacial score (nSPS) is 11.9. The van der Waals surface area contributed by atoms with Crippen molar-refractivity contribution < 1.29 is 9.21 Å². The standard InChI is InChI=1S/C26H22N4O2S2/c1-18-21(14-15-32-18)25-28-29-26(30(25)20-11-6-3-7-12-20)34-17-23(31)27-24(22-13-8-16-33-22)19-9-4-2-5-10-19/h2-16,24H,17H2,1H3,(H,27,31)/t24-/m1/s1. The topological polar surface area (TPSA) is 72.9 Å². The zero-order valence-electron chi connectivity index (χ0n) is 18.4. The summed E-state index contributed by atoms with van der Waals surface area (Å²) in [5.74, 6) is 1.59. The molecule has 5 aromatic rings. The average molecular weight is 487 g/mol. The van der Waals surface area contributed by atoms with Crippen molar-refractivity contribution in [3.05, 3.63) is 107 Å². The first-order valence-corrected chi connectivity index (χ1v) is 12.6. The smallest absolute Gasteiger partial charge is 0.231 e. The summed E-state index contributed by atoms with van der Waals surface area (Å²) in [5.41, 5.74) is 2.84. The molecule has 0 fully saturated rings. The van der Waals surface area contributed by atoms with Gasteiger partial charge in [0.05, 0.1) is 23.6 Å². The molecule has 3 heterocycles. The maximum atomic E-state index is 13.0. The predicted molar refractivity (Wildman–Crippen MR) is 135 cm³/mol. The van der Waals surface area contributed by atoms with E-state index in [1.807, 2.05) is 95.7 Å². The number of rotatable bonds is 8. The summed E-state index contributed by atoms with van der Waals surface area (Å²) in [6, 6.07) is 25.6. The summed E-state index contributed by atoms with van der Waals surface area (Å²) in [6.07, 6.45) is 1.64. The fraction of sp³-hybridized carbons (Fsp3) is 0.115. The van der Waals surface area contributed by atoms with Gasteiger partial charge in [-0.25, -0.2) is 0 Å². The summed E-state index contributed by atoms with van der Waals surface area (Å²) in [4.78, 5) is 14.1. The highest BCUT2D eigenvalue weighted by molar-refractivity contribution is 7.99. The Balaban J connectivity index is 1.38. The van der Waals surface area contributed by atoms with Gasteiger partial charge in [-0.1, -0.05) is 66.4 Å². The molecule has 1 atom stereocenters. The number of furan rings is 1. The first-order valence-electron chi connectivity index (χ1n) is 10.8. The Bertz CT molecular complexity index is 1360. The Hall–Kier alpha value is -3.62. The van der Waals surface area contributed by atoms with E-state index in [2.05, 4.69) is 15.5 Å². The molecule has 0 bridgehead atoms. The van der Waals surface area contributed by atoms with Gasteiger partial charge < -0.3 is 9.73 Å². The molecule has 0 aliphatic heterocycles. The van der Waals surface area contributed by atoms with E-state index < -0.39 is 0 Å². The number of carbonyl (C=O) groups is 1. The number of thiophene rings is 1. The molecule has 0 aliphatic carbocycles. The van der Waals surface area contributed by atoms with Crippen LogP contribution in [-0.2, 0) is 4.79 Å². The zero-order valence-corrected chi connectivity index (χ0v) is 20.1. The fourth-order valence-electron chi connectivity index (χ4n) is 3.72. The number of hydrogen-bond donors (Lipinski definition) is 1. The van der Waals surface area contributed by atoms with E-state index in [9.17, 15) is 4.79 Å². The number of nitrogens with one attached hydrogen (secondary N) is 1. The van der Waals surface area contributed by atoms with Crippen LogP contribution in [0.4, 0.5) is 0 Å². The summed E-state index contributed by atoms with van der Waals surface area (Å²) < 4.78 is 7.45. The lowest BCUT2D eigenvalue weighted by Crippen LogP contribution is -2.30. The molecule has 8 heteroatoms. The molecule has 170 valence electrons. The van der Waals surface area contributed by atoms with E-state index in [0.717, 1.165) is 27.5 Å². The molecule has 6 nitrogen and oxygen atoms in total. The van der Waals surface area contributed by atoms with Gasteiger partial charge in [0.1, 0.15) is 5.76 Å². The van der Waals surface area contributed by atoms with E-state index in [1.165, 1.54) is 11.8 Å². The lowest BCUT2D eigenvalue weighted by molar-refractivity contribution is -0.119. The molecule has 5 rings (SSSR count). The SMILES string of the molecule is Cc1occc1-c1nnc(SCC(=O)N[C@H](c2ccccc2)c2cccs2)n1-c1ccccc1. The van der Waals surface area contributed by atoms with E-state index >= 15 is 0 Å². The van der Waals surface area contributed by atoms with Crippen molar-refractivity contribution in [3.8, 4) is 17.1 Å². The van der Waals surface area contributed by atoms with Crippen LogP contribution < -0.4 is 5.32 Å². The predicted octanol–water partition coefficient (Wildman–Crippen LogP) is 5.90. The van der Waals surface area contributed by atoms with Crippen molar-refractivity contribution in [1.82, 2.24) is 20.1 Å². The van der Waals surface area contributed by atoms with Crippen molar-refractivity contribution in [2.45, 2.75) is 18.1 Å². The molecule has 1 N–H and O–H groups in total. The number of thioether (sulfide) groups is 1. The summed E-state index contributed by atoms with van der Waals surface area (Å²) in [7, 11) is 0. The highest BCUT2D eigenvalue weighted by Gasteiger charge is 2.21. The van der Waals surface area contributed by atoms with Crippen molar-refractivity contribution in [1.29, 1.82) is 0 Å². The number of amides is 1. The molecule has 1 amide bonds. The van der Waals surface area contributed by atoms with Gasteiger partial charge in [0, 0.05) is 10.6 Å². The Morgan fingerprint density at radius 2 is 1.79 bits per heavy atom. The Labute approximate surface area is 205 Å². The van der Waals surface area contributed by atoms with Gasteiger partial charge in [0.2, 0.25) is 5.91 Å². The molecule has 0 saturated carbocycles. The molecule has 0 saturated heterocycles. The molecule has 0 radical (unpaired) electrons. The number of aryl methyl sites for hydroxylation is 1. The second kappa shape index (κ2) is 10.1. The minimum atomic E-state index is -0.189. The summed E-state index contributed by atoms with van der Waals surface area (Å²) in [6.45, 7) is 1.90. The molecule has 34 heavy (non-hydrogen) atoms. The highest BCUT2D eigenvalue weighted by atomic mass is 32.2. The van der Waals surface area contributed by atoms with E-state index in [0.29, 0.717) is 11.0 Å². The van der Waals surface area contributed by atoms with Crippen molar-refractivity contribution in [2.24, 2.45) is 0 Å². The van der Waals surface area contributed by atoms with Gasteiger partial charge in [0.25, 0.3) is 0 Å². The largest absolute Gasteiger partial charge is 0.469 e. The Morgan fingerprint density at radius 3 is 2.47 bits per heavy atom. The maximum absolute atomic E-state index is 13.0. The third-order valence-corrected chi connectivity index (χ3v) is 7.21. The molecular formula is C26H22N4O2S2. The van der Waals surface area contributed by atoms with Gasteiger partial charge in [-0.2, -0.15) is 0 Å². The summed E-state index contributed by atoms with van der Waals surface area (Å²) in [5, 5.41) is 14.7. The first-order chi connectivity index (χ1) is 16.7. The third kappa shape index (κ3) is 4.69. The van der Waals surface area contributed by atoms with Crippen LogP contribution in [0.15, 0.2) is 100 Å². The first kappa shape index (κ1) is 22.2. The van der Waals surface area contributed by atoms with Crippen LogP contribution in [0.3, 0.4) is 0 Å². The van der Waals surface area contributed by atoms with Crippen LogP contribution >= 0.6 is 23.1 Å². The van der Waals surface area contributed by atoms with E-state index in [1.54, 1.807) is 17.6 Å². The monoisotopic (exact) mass is 486 g/mol. The Morgan fingerprint density at radius 1 is 1.03 bits per heavy atom. The fourth-order valence-corrected chi connectivity index (χ4v) is 5.28. The van der Waals surface area contributed by atoms with Gasteiger partial charge >= 0.3 is 0 Å². The number of benzene rings is 2. The quantitative estimate of drug-likeness (QED) is 0.277. The lowest BCUT2D eigenvalue weighted by Gasteiger charge is -2.18. The van der Waals surface area contributed by atoms with Crippen molar-refractivity contribution in [3.63, 3.8) is 0 Å². The van der Waals surface area contributed by atoms with Crippen molar-refractivity contribution in [2.75, 3.05) is 5.75 Å². The second-order valence-corrected chi connectivity index (χ2v) is 9.50. The summed E-state index contributed by atoms with van der Waals surface area (Å²) >= 11 is 2.99. The van der Waals surface area contributed by atoms with Crippen molar-refractivity contribution >= 4 is 29.0 Å². The third-order valence-electron chi connectivity index (χ3n) is 5.35. The number of para-hydroxylation sites is 1. The number of carbonyl (C=O) groups excluding carboxylic acids is 1. The number of hydrogen-bond acceptors (Lipinski definition) is 6. The van der Waals surface area contributed by atoms with Gasteiger partial charge in [-0.05, 0) is 42.1 Å².